The molecule has 0 atom stereocenters. The van der Waals surface area contributed by atoms with Crippen LogP contribution in [0.4, 0.5) is 0 Å². The lowest BCUT2D eigenvalue weighted by Gasteiger charge is -2.08. The van der Waals surface area contributed by atoms with Gasteiger partial charge in [0.15, 0.2) is 0 Å². The van der Waals surface area contributed by atoms with Crippen molar-refractivity contribution in [3.05, 3.63) is 146 Å². The molecule has 0 aliphatic heterocycles. The van der Waals surface area contributed by atoms with Gasteiger partial charge in [0.05, 0.1) is 22.1 Å². The monoisotopic (exact) mass is 540 g/mol. The summed E-state index contributed by atoms with van der Waals surface area (Å²) in [7, 11) is 0. The molecule has 3 heterocycles. The van der Waals surface area contributed by atoms with E-state index in [4.69, 9.17) is 0 Å². The Kier molecular flexibility index (Phi) is 4.80. The van der Waals surface area contributed by atoms with Crippen LogP contribution >= 0.6 is 11.3 Å². The first-order chi connectivity index (χ1) is 20.3. The molecule has 2 nitrogen and oxygen atoms in total. The number of benzene rings is 6. The summed E-state index contributed by atoms with van der Waals surface area (Å²) < 4.78 is 6.11. The normalized spacial score (nSPS) is 11.9. The van der Waals surface area contributed by atoms with Gasteiger partial charge in [-0.05, 0) is 77.2 Å². The predicted octanol–water partition coefficient (Wildman–Crippen LogP) is 10.8. The molecular weight excluding hydrogens is 516 g/mol. The van der Waals surface area contributed by atoms with Crippen molar-refractivity contribution >= 4 is 65.0 Å². The molecule has 0 saturated carbocycles. The van der Waals surface area contributed by atoms with E-state index < -0.39 is 0 Å². The zero-order valence-corrected chi connectivity index (χ0v) is 23.0. The summed E-state index contributed by atoms with van der Waals surface area (Å²) in [5.74, 6) is 0. The first-order valence-corrected chi connectivity index (χ1v) is 14.8. The van der Waals surface area contributed by atoms with Crippen LogP contribution in [0, 0.1) is 0 Å². The molecule has 3 aromatic heterocycles. The highest BCUT2D eigenvalue weighted by molar-refractivity contribution is 7.21. The second-order valence-corrected chi connectivity index (χ2v) is 11.7. The van der Waals surface area contributed by atoms with E-state index in [1.807, 2.05) is 11.3 Å². The van der Waals surface area contributed by atoms with Gasteiger partial charge in [0.1, 0.15) is 5.00 Å². The average molecular weight is 541 g/mol. The van der Waals surface area contributed by atoms with Gasteiger partial charge in [0.2, 0.25) is 0 Å². The van der Waals surface area contributed by atoms with Gasteiger partial charge in [-0.1, -0.05) is 84.9 Å². The molecule has 0 aliphatic carbocycles. The predicted molar refractivity (Wildman–Crippen MR) is 176 cm³/mol. The van der Waals surface area contributed by atoms with Crippen LogP contribution in [-0.4, -0.2) is 9.13 Å². The summed E-state index contributed by atoms with van der Waals surface area (Å²) >= 11 is 1.85. The number of hydrogen-bond donors (Lipinski definition) is 0. The summed E-state index contributed by atoms with van der Waals surface area (Å²) in [6, 6.07) is 53.0. The number of thiophene rings is 1. The number of aromatic nitrogens is 2. The lowest BCUT2D eigenvalue weighted by Crippen LogP contribution is -1.92. The Balaban J connectivity index is 1.26. The van der Waals surface area contributed by atoms with Crippen LogP contribution < -0.4 is 0 Å². The molecule has 0 unspecified atom stereocenters. The molecule has 0 fully saturated rings. The summed E-state index contributed by atoms with van der Waals surface area (Å²) in [5, 5.41) is 7.65. The second-order valence-electron chi connectivity index (χ2n) is 10.6. The van der Waals surface area contributed by atoms with Crippen molar-refractivity contribution in [3.63, 3.8) is 0 Å². The highest BCUT2D eigenvalue weighted by atomic mass is 32.1. The minimum atomic E-state index is 1.18. The van der Waals surface area contributed by atoms with E-state index in [0.717, 1.165) is 0 Å². The Bertz CT molecular complexity index is 2390. The van der Waals surface area contributed by atoms with Crippen LogP contribution in [0.15, 0.2) is 146 Å². The molecule has 3 heteroatoms. The van der Waals surface area contributed by atoms with Gasteiger partial charge in [-0.15, -0.1) is 11.3 Å². The van der Waals surface area contributed by atoms with Crippen LogP contribution in [0.25, 0.3) is 75.5 Å². The standard InChI is InChI=1S/C38H24N2S/c1-2-11-28(12-3-1)39-33-15-7-5-13-29(33)31-22-25(18-20-35(31)39)26-19-21-36-32(23-26)30-14-6-8-16-34(30)40(36)38-24-27-10-4-9-17-37(27)41-38/h1-24H. The summed E-state index contributed by atoms with van der Waals surface area (Å²) in [6.07, 6.45) is 0. The summed E-state index contributed by atoms with van der Waals surface area (Å²) in [6.45, 7) is 0. The van der Waals surface area contributed by atoms with E-state index >= 15 is 0 Å². The van der Waals surface area contributed by atoms with Crippen LogP contribution in [0.5, 0.6) is 0 Å². The molecule has 0 bridgehead atoms. The molecule has 6 aromatic carbocycles. The highest BCUT2D eigenvalue weighted by Crippen LogP contribution is 2.40. The third kappa shape index (κ3) is 3.36. The van der Waals surface area contributed by atoms with Crippen LogP contribution in [0.1, 0.15) is 0 Å². The van der Waals surface area contributed by atoms with E-state index in [0.29, 0.717) is 0 Å². The number of nitrogens with zero attached hydrogens (tertiary/aromatic N) is 2. The minimum absolute atomic E-state index is 1.18. The number of fused-ring (bicyclic) bond motifs is 7. The summed E-state index contributed by atoms with van der Waals surface area (Å²) in [5.41, 5.74) is 8.58. The van der Waals surface area contributed by atoms with Crippen molar-refractivity contribution in [1.29, 1.82) is 0 Å². The quantitative estimate of drug-likeness (QED) is 0.211. The second kappa shape index (κ2) is 8.69. The van der Waals surface area contributed by atoms with Crippen molar-refractivity contribution in [3.8, 4) is 21.8 Å². The van der Waals surface area contributed by atoms with Crippen molar-refractivity contribution in [2.24, 2.45) is 0 Å². The molecule has 0 radical (unpaired) electrons. The van der Waals surface area contributed by atoms with Gasteiger partial charge in [0, 0.05) is 31.9 Å². The lowest BCUT2D eigenvalue weighted by molar-refractivity contribution is 1.18. The Morgan fingerprint density at radius 3 is 1.61 bits per heavy atom. The first-order valence-electron chi connectivity index (χ1n) is 13.9. The van der Waals surface area contributed by atoms with Crippen molar-refractivity contribution in [1.82, 2.24) is 9.13 Å². The molecule has 9 aromatic rings. The van der Waals surface area contributed by atoms with Crippen molar-refractivity contribution < 1.29 is 0 Å². The Labute approximate surface area is 240 Å². The Hall–Kier alpha value is -5.12. The van der Waals surface area contributed by atoms with Gasteiger partial charge in [0.25, 0.3) is 0 Å². The van der Waals surface area contributed by atoms with Gasteiger partial charge < -0.3 is 9.13 Å². The van der Waals surface area contributed by atoms with Gasteiger partial charge in [-0.3, -0.25) is 0 Å². The molecule has 0 N–H and O–H groups in total. The smallest absolute Gasteiger partial charge is 0.101 e. The molecule has 9 rings (SSSR count). The topological polar surface area (TPSA) is 9.86 Å². The van der Waals surface area contributed by atoms with E-state index in [2.05, 4.69) is 155 Å². The lowest BCUT2D eigenvalue weighted by atomic mass is 10.0. The van der Waals surface area contributed by atoms with Crippen LogP contribution in [0.3, 0.4) is 0 Å². The Morgan fingerprint density at radius 1 is 0.390 bits per heavy atom. The van der Waals surface area contributed by atoms with E-state index in [1.165, 1.54) is 75.5 Å². The average Bonchev–Trinajstić information content (AvgIpc) is 3.70. The van der Waals surface area contributed by atoms with E-state index in [9.17, 15) is 0 Å². The molecular formula is C38H24N2S. The third-order valence-electron chi connectivity index (χ3n) is 8.33. The molecule has 0 spiro atoms. The van der Waals surface area contributed by atoms with Crippen LogP contribution in [0.2, 0.25) is 0 Å². The minimum Gasteiger partial charge on any atom is -0.309 e. The maximum atomic E-state index is 2.43. The highest BCUT2D eigenvalue weighted by Gasteiger charge is 2.16. The fourth-order valence-electron chi connectivity index (χ4n) is 6.48. The SMILES string of the molecule is c1ccc(-n2c3ccccc3c3cc(-c4ccc5c(c4)c4ccccc4n5-c4cc5ccccc5s4)ccc32)cc1. The fourth-order valence-corrected chi connectivity index (χ4v) is 7.57. The van der Waals surface area contributed by atoms with Crippen LogP contribution in [-0.2, 0) is 0 Å². The Morgan fingerprint density at radius 2 is 0.927 bits per heavy atom. The number of rotatable bonds is 3. The van der Waals surface area contributed by atoms with Crippen molar-refractivity contribution in [2.75, 3.05) is 0 Å². The van der Waals surface area contributed by atoms with E-state index in [-0.39, 0.29) is 0 Å². The maximum absolute atomic E-state index is 2.43. The number of para-hydroxylation sites is 3. The van der Waals surface area contributed by atoms with E-state index in [1.54, 1.807) is 0 Å². The third-order valence-corrected chi connectivity index (χ3v) is 9.43. The largest absolute Gasteiger partial charge is 0.309 e. The van der Waals surface area contributed by atoms with Crippen molar-refractivity contribution in [2.45, 2.75) is 0 Å². The molecule has 192 valence electrons. The molecule has 0 saturated heterocycles. The maximum Gasteiger partial charge on any atom is 0.101 e. The van der Waals surface area contributed by atoms with Gasteiger partial charge in [-0.2, -0.15) is 0 Å². The molecule has 0 amide bonds. The summed E-state index contributed by atoms with van der Waals surface area (Å²) in [4.78, 5) is 0. The molecule has 0 aliphatic rings. The van der Waals surface area contributed by atoms with Gasteiger partial charge >= 0.3 is 0 Å². The molecule has 41 heavy (non-hydrogen) atoms. The zero-order valence-electron chi connectivity index (χ0n) is 22.2. The zero-order chi connectivity index (χ0) is 26.9. The fraction of sp³-hybridized carbons (Fsp3) is 0. The van der Waals surface area contributed by atoms with Gasteiger partial charge in [-0.25, -0.2) is 0 Å². The first kappa shape index (κ1) is 22.7. The number of hydrogen-bond acceptors (Lipinski definition) is 1.